The molecule has 2 heterocycles. The van der Waals surface area contributed by atoms with E-state index in [-0.39, 0.29) is 18.7 Å². The summed E-state index contributed by atoms with van der Waals surface area (Å²) in [6, 6.07) is 5.84. The van der Waals surface area contributed by atoms with E-state index in [0.29, 0.717) is 19.0 Å². The van der Waals surface area contributed by atoms with Crippen LogP contribution in [0.1, 0.15) is 25.3 Å². The minimum atomic E-state index is -0.0151. The van der Waals surface area contributed by atoms with Crippen LogP contribution in [-0.4, -0.2) is 49.8 Å². The summed E-state index contributed by atoms with van der Waals surface area (Å²) < 4.78 is 10.7. The van der Waals surface area contributed by atoms with Crippen LogP contribution in [0.2, 0.25) is 0 Å². The molecular weight excluding hydrogens is 322 g/mol. The van der Waals surface area contributed by atoms with Crippen LogP contribution in [0.4, 0.5) is 4.79 Å². The Morgan fingerprint density at radius 2 is 1.92 bits per heavy atom. The van der Waals surface area contributed by atoms with Gasteiger partial charge in [0.05, 0.1) is 0 Å². The SMILES string of the molecule is CC(=O)NCC1CCN(C(=O)NCCc2ccc3c(c2)OCO3)CC1. The van der Waals surface area contributed by atoms with E-state index < -0.39 is 0 Å². The molecule has 1 saturated heterocycles. The highest BCUT2D eigenvalue weighted by molar-refractivity contribution is 5.74. The molecule has 0 bridgehead atoms. The molecule has 2 aliphatic heterocycles. The molecule has 0 atom stereocenters. The van der Waals surface area contributed by atoms with Gasteiger partial charge < -0.3 is 25.0 Å². The van der Waals surface area contributed by atoms with Crippen molar-refractivity contribution in [3.63, 3.8) is 0 Å². The molecule has 25 heavy (non-hydrogen) atoms. The average Bonchev–Trinajstić information content (AvgIpc) is 3.08. The zero-order valence-corrected chi connectivity index (χ0v) is 14.5. The lowest BCUT2D eigenvalue weighted by molar-refractivity contribution is -0.119. The third kappa shape index (κ3) is 4.78. The largest absolute Gasteiger partial charge is 0.454 e. The Morgan fingerprint density at radius 3 is 2.68 bits per heavy atom. The average molecular weight is 347 g/mol. The first-order chi connectivity index (χ1) is 12.1. The van der Waals surface area contributed by atoms with Crippen molar-refractivity contribution in [3.8, 4) is 11.5 Å². The van der Waals surface area contributed by atoms with Crippen LogP contribution in [0.3, 0.4) is 0 Å². The van der Waals surface area contributed by atoms with Crippen LogP contribution in [-0.2, 0) is 11.2 Å². The molecule has 0 aromatic heterocycles. The van der Waals surface area contributed by atoms with E-state index in [1.807, 2.05) is 23.1 Å². The number of carbonyl (C=O) groups is 2. The molecule has 7 nitrogen and oxygen atoms in total. The van der Waals surface area contributed by atoms with Crippen LogP contribution in [0.25, 0.3) is 0 Å². The highest BCUT2D eigenvalue weighted by atomic mass is 16.7. The van der Waals surface area contributed by atoms with E-state index in [2.05, 4.69) is 10.6 Å². The number of benzene rings is 1. The molecule has 0 radical (unpaired) electrons. The molecule has 3 amide bonds. The molecule has 1 fully saturated rings. The Labute approximate surface area is 147 Å². The topological polar surface area (TPSA) is 79.9 Å². The van der Waals surface area contributed by atoms with Crippen LogP contribution in [0.5, 0.6) is 11.5 Å². The molecule has 2 N–H and O–H groups in total. The van der Waals surface area contributed by atoms with Crippen molar-refractivity contribution in [2.24, 2.45) is 5.92 Å². The second kappa shape index (κ2) is 8.09. The first-order valence-electron chi connectivity index (χ1n) is 8.77. The molecule has 0 unspecified atom stereocenters. The van der Waals surface area contributed by atoms with Gasteiger partial charge in [-0.2, -0.15) is 0 Å². The number of hydrogen-bond donors (Lipinski definition) is 2. The first kappa shape index (κ1) is 17.4. The minimum Gasteiger partial charge on any atom is -0.454 e. The lowest BCUT2D eigenvalue weighted by Gasteiger charge is -2.32. The molecule has 0 spiro atoms. The van der Waals surface area contributed by atoms with Gasteiger partial charge in [-0.15, -0.1) is 0 Å². The Morgan fingerprint density at radius 1 is 1.16 bits per heavy atom. The maximum absolute atomic E-state index is 12.2. The Hall–Kier alpha value is -2.44. The third-order valence-corrected chi connectivity index (χ3v) is 4.67. The van der Waals surface area contributed by atoms with E-state index >= 15 is 0 Å². The molecule has 7 heteroatoms. The second-order valence-electron chi connectivity index (χ2n) is 6.54. The van der Waals surface area contributed by atoms with Gasteiger partial charge in [0.2, 0.25) is 12.7 Å². The van der Waals surface area contributed by atoms with Crippen LogP contribution >= 0.6 is 0 Å². The number of amides is 3. The van der Waals surface area contributed by atoms with Gasteiger partial charge in [-0.25, -0.2) is 4.79 Å². The molecule has 3 rings (SSSR count). The van der Waals surface area contributed by atoms with Crippen LogP contribution in [0, 0.1) is 5.92 Å². The third-order valence-electron chi connectivity index (χ3n) is 4.67. The number of urea groups is 1. The fourth-order valence-electron chi connectivity index (χ4n) is 3.15. The normalized spacial score (nSPS) is 16.6. The van der Waals surface area contributed by atoms with E-state index in [0.717, 1.165) is 49.4 Å². The molecular formula is C18H25N3O4. The summed E-state index contributed by atoms with van der Waals surface area (Å²) >= 11 is 0. The van der Waals surface area contributed by atoms with Gasteiger partial charge in [0.1, 0.15) is 0 Å². The number of ether oxygens (including phenoxy) is 2. The number of rotatable bonds is 5. The van der Waals surface area contributed by atoms with Gasteiger partial charge in [-0.05, 0) is 42.9 Å². The quantitative estimate of drug-likeness (QED) is 0.846. The molecule has 2 aliphatic rings. The monoisotopic (exact) mass is 347 g/mol. The summed E-state index contributed by atoms with van der Waals surface area (Å²) in [6.45, 7) is 4.57. The second-order valence-corrected chi connectivity index (χ2v) is 6.54. The van der Waals surface area contributed by atoms with Crippen molar-refractivity contribution in [1.82, 2.24) is 15.5 Å². The fraction of sp³-hybridized carbons (Fsp3) is 0.556. The lowest BCUT2D eigenvalue weighted by atomic mass is 9.97. The van der Waals surface area contributed by atoms with Gasteiger partial charge in [0.15, 0.2) is 11.5 Å². The number of piperidine rings is 1. The fourth-order valence-corrected chi connectivity index (χ4v) is 3.15. The number of nitrogens with one attached hydrogen (secondary N) is 2. The maximum atomic E-state index is 12.2. The van der Waals surface area contributed by atoms with Crippen molar-refractivity contribution >= 4 is 11.9 Å². The van der Waals surface area contributed by atoms with Gasteiger partial charge in [-0.3, -0.25) is 4.79 Å². The van der Waals surface area contributed by atoms with E-state index in [1.54, 1.807) is 0 Å². The summed E-state index contributed by atoms with van der Waals surface area (Å²) in [4.78, 5) is 25.1. The first-order valence-corrected chi connectivity index (χ1v) is 8.77. The Bertz CT molecular complexity index is 627. The zero-order chi connectivity index (χ0) is 17.6. The van der Waals surface area contributed by atoms with Gasteiger partial charge in [-0.1, -0.05) is 6.07 Å². The molecule has 1 aromatic rings. The summed E-state index contributed by atoms with van der Waals surface area (Å²) in [7, 11) is 0. The van der Waals surface area contributed by atoms with Crippen molar-refractivity contribution < 1.29 is 19.1 Å². The molecule has 1 aromatic carbocycles. The number of carbonyl (C=O) groups excluding carboxylic acids is 2. The summed E-state index contributed by atoms with van der Waals surface area (Å²) in [5.41, 5.74) is 1.11. The van der Waals surface area contributed by atoms with Gasteiger partial charge in [0.25, 0.3) is 0 Å². The number of hydrogen-bond acceptors (Lipinski definition) is 4. The van der Waals surface area contributed by atoms with Crippen molar-refractivity contribution in [2.75, 3.05) is 33.0 Å². The zero-order valence-electron chi connectivity index (χ0n) is 14.5. The standard InChI is InChI=1S/C18H25N3O4/c1-13(22)20-11-15-5-8-21(9-6-15)18(23)19-7-4-14-2-3-16-17(10-14)25-12-24-16/h2-3,10,15H,4-9,11-12H2,1H3,(H,19,23)(H,20,22). The van der Waals surface area contributed by atoms with Crippen LogP contribution < -0.4 is 20.1 Å². The van der Waals surface area contributed by atoms with E-state index in [9.17, 15) is 9.59 Å². The van der Waals surface area contributed by atoms with E-state index in [1.165, 1.54) is 6.92 Å². The minimum absolute atomic E-state index is 0.00342. The predicted octanol–water partition coefficient (Wildman–Crippen LogP) is 1.52. The number of nitrogens with zero attached hydrogens (tertiary/aromatic N) is 1. The van der Waals surface area contributed by atoms with Crippen LogP contribution in [0.15, 0.2) is 18.2 Å². The predicted molar refractivity (Wildman–Crippen MR) is 92.6 cm³/mol. The lowest BCUT2D eigenvalue weighted by Crippen LogP contribution is -2.46. The van der Waals surface area contributed by atoms with Gasteiger partial charge in [0, 0.05) is 33.1 Å². The highest BCUT2D eigenvalue weighted by Gasteiger charge is 2.22. The Kier molecular flexibility index (Phi) is 5.63. The van der Waals surface area contributed by atoms with Crippen molar-refractivity contribution in [1.29, 1.82) is 0 Å². The van der Waals surface area contributed by atoms with Crippen molar-refractivity contribution in [2.45, 2.75) is 26.2 Å². The van der Waals surface area contributed by atoms with E-state index in [4.69, 9.17) is 9.47 Å². The molecule has 136 valence electrons. The van der Waals surface area contributed by atoms with Crippen molar-refractivity contribution in [3.05, 3.63) is 23.8 Å². The molecule has 0 aliphatic carbocycles. The number of fused-ring (bicyclic) bond motifs is 1. The summed E-state index contributed by atoms with van der Waals surface area (Å²) in [5, 5.41) is 5.83. The number of likely N-dealkylation sites (tertiary alicyclic amines) is 1. The molecule has 0 saturated carbocycles. The Balaban J connectivity index is 1.36. The smallest absolute Gasteiger partial charge is 0.317 e. The summed E-state index contributed by atoms with van der Waals surface area (Å²) in [5.74, 6) is 2.00. The van der Waals surface area contributed by atoms with Gasteiger partial charge >= 0.3 is 6.03 Å². The summed E-state index contributed by atoms with van der Waals surface area (Å²) in [6.07, 6.45) is 2.60. The highest BCUT2D eigenvalue weighted by Crippen LogP contribution is 2.32. The maximum Gasteiger partial charge on any atom is 0.317 e.